The number of carbonyl (C=O) groups excluding carboxylic acids is 8. The molecule has 0 aliphatic carbocycles. The minimum Gasteiger partial charge on any atom is -0.390 e. The maximum absolute atomic E-state index is 14.0. The second-order valence-corrected chi connectivity index (χ2v) is 16.5. The molecular formula is C47H64N14O8. The molecule has 0 saturated heterocycles. The van der Waals surface area contributed by atoms with Crippen LogP contribution in [0.2, 0.25) is 0 Å². The quantitative estimate of drug-likeness (QED) is 0.0291. The summed E-state index contributed by atoms with van der Waals surface area (Å²) in [5.41, 5.74) is 21.1. The normalized spacial score (nSPS) is 17.2. The van der Waals surface area contributed by atoms with Crippen LogP contribution in [0.5, 0.6) is 0 Å². The number of nitrogens with one attached hydrogen (secondary N) is 9. The molecular weight excluding hydrogens is 889 g/mol. The second kappa shape index (κ2) is 29.0. The van der Waals surface area contributed by atoms with E-state index in [1.54, 1.807) is 32.0 Å². The van der Waals surface area contributed by atoms with Crippen molar-refractivity contribution in [2.45, 2.75) is 97.3 Å². The monoisotopic (exact) mass is 953 g/mol. The lowest BCUT2D eigenvalue weighted by Crippen LogP contribution is -2.57. The van der Waals surface area contributed by atoms with E-state index in [0.29, 0.717) is 49.2 Å². The molecule has 4 rings (SSSR count). The second-order valence-electron chi connectivity index (χ2n) is 16.5. The minimum absolute atomic E-state index is 0.0651. The van der Waals surface area contributed by atoms with Gasteiger partial charge in [-0.05, 0) is 86.9 Å². The summed E-state index contributed by atoms with van der Waals surface area (Å²) in [5, 5.41) is 20.5. The molecule has 69 heavy (non-hydrogen) atoms. The van der Waals surface area contributed by atoms with E-state index < -0.39 is 60.1 Å². The highest BCUT2D eigenvalue weighted by Crippen LogP contribution is 2.19. The van der Waals surface area contributed by atoms with Gasteiger partial charge in [0.05, 0.1) is 24.2 Å². The number of rotatable bonds is 18. The average molecular weight is 953 g/mol. The fraction of sp³-hybridized carbons (Fsp3) is 0.426. The lowest BCUT2D eigenvalue weighted by Gasteiger charge is -2.32. The first-order chi connectivity index (χ1) is 33.1. The highest BCUT2D eigenvalue weighted by molar-refractivity contribution is 6.01. The Morgan fingerprint density at radius 1 is 0.899 bits per heavy atom. The predicted molar refractivity (Wildman–Crippen MR) is 259 cm³/mol. The van der Waals surface area contributed by atoms with Gasteiger partial charge >= 0.3 is 0 Å². The van der Waals surface area contributed by atoms with Crippen LogP contribution in [0.3, 0.4) is 0 Å². The molecule has 0 saturated carbocycles. The fourth-order valence-corrected chi connectivity index (χ4v) is 6.99. The summed E-state index contributed by atoms with van der Waals surface area (Å²) < 4.78 is 0. The van der Waals surface area contributed by atoms with Gasteiger partial charge in [0.2, 0.25) is 29.5 Å². The standard InChI is InChI=1S/C47H62N12O8.H2N2/c1-29(2)42-47(67)59(5)38(15-12-19-49-28-48)46(66)53-27-41(62)55-37(21-30(3)60)45(65)52-25-32-22-35(44(64)56-42)24-36(23-32)54-40(61)16-10-7-11-20-50-43(63)34-17-18-39(51-26-34)58-57-31(4)33-13-8-6-9-14-33;1-2/h6,8-9,13-14,17-18,22-24,26,28-29,37-38,42H,7,10-12,15-16,19-21,25,27H2,1-5H3,(H2,48,49)(H,50,63)(H,51,58)(H,52,65)(H,53,66)(H,54,61)(H,55,62)(H,56,64);1-2H/b57-31-;/t37-,38-,42?;/m0./s1. The lowest BCUT2D eigenvalue weighted by molar-refractivity contribution is -0.141. The highest BCUT2D eigenvalue weighted by atomic mass is 16.2. The van der Waals surface area contributed by atoms with Crippen molar-refractivity contribution in [3.8, 4) is 0 Å². The van der Waals surface area contributed by atoms with Crippen LogP contribution in [0, 0.1) is 17.0 Å². The van der Waals surface area contributed by atoms with Gasteiger partial charge in [0.15, 0.2) is 0 Å². The van der Waals surface area contributed by atoms with Crippen molar-refractivity contribution in [3.05, 3.63) is 89.1 Å². The summed E-state index contributed by atoms with van der Waals surface area (Å²) in [7, 11) is 1.43. The number of aromatic nitrogens is 1. The largest absolute Gasteiger partial charge is 0.390 e. The lowest BCUT2D eigenvalue weighted by atomic mass is 9.99. The van der Waals surface area contributed by atoms with Gasteiger partial charge in [0, 0.05) is 57.0 Å². The zero-order valence-corrected chi connectivity index (χ0v) is 39.6. The molecule has 2 aromatic carbocycles. The number of hydrogen-bond acceptors (Lipinski definition) is 14. The van der Waals surface area contributed by atoms with E-state index in [2.05, 4.69) is 52.4 Å². The summed E-state index contributed by atoms with van der Waals surface area (Å²) in [6.07, 6.45) is 4.58. The number of unbranched alkanes of at least 4 members (excludes halogenated alkanes) is 2. The molecule has 7 amide bonds. The predicted octanol–water partition coefficient (Wildman–Crippen LogP) is 3.00. The summed E-state index contributed by atoms with van der Waals surface area (Å²) >= 11 is 0. The van der Waals surface area contributed by atoms with Gasteiger partial charge in [-0.1, -0.05) is 50.6 Å². The number of Topliss-reactive ketones (excluding diaryl/α,β-unsaturated/α-hetero) is 1. The Labute approximate surface area is 401 Å². The number of nitrogens with zero attached hydrogens (tertiary/aromatic N) is 4. The van der Waals surface area contributed by atoms with Crippen molar-refractivity contribution in [2.75, 3.05) is 37.4 Å². The van der Waals surface area contributed by atoms with Gasteiger partial charge in [-0.15, -0.1) is 0 Å². The first-order valence-electron chi connectivity index (χ1n) is 22.5. The van der Waals surface area contributed by atoms with Crippen LogP contribution in [0.1, 0.15) is 104 Å². The third kappa shape index (κ3) is 18.7. The number of likely N-dealkylation sites (N-methyl/N-ethyl adjacent to an activating group) is 1. The van der Waals surface area contributed by atoms with Gasteiger partial charge in [0.1, 0.15) is 29.7 Å². The summed E-state index contributed by atoms with van der Waals surface area (Å²) in [4.78, 5) is 115. The van der Waals surface area contributed by atoms with E-state index in [0.717, 1.165) is 17.6 Å². The van der Waals surface area contributed by atoms with Crippen molar-refractivity contribution in [1.29, 1.82) is 11.1 Å². The molecule has 2 heterocycles. The molecule has 1 aliphatic rings. The Kier molecular flexibility index (Phi) is 23.3. The molecule has 3 atom stereocenters. The summed E-state index contributed by atoms with van der Waals surface area (Å²) in [6.45, 7) is 6.54. The zero-order valence-electron chi connectivity index (χ0n) is 39.6. The first-order valence-corrected chi connectivity index (χ1v) is 22.5. The molecule has 0 fully saturated rings. The SMILES string of the molecule is CC(=O)C[C@@H]1NC(=O)CNC(=O)[C@H](CCCN=CN)N(C)C(=O)C(C(C)C)NC(=O)c2cc(cc(NC(=O)CCCCCNC(=O)c3ccc(N/N=C(/C)c4ccccc4)nc3)c2)CNC1=O.N=N. The summed E-state index contributed by atoms with van der Waals surface area (Å²) in [5.74, 6) is -4.28. The number of nitrogens with two attached hydrogens (primary N) is 1. The first kappa shape index (κ1) is 55.4. The molecule has 22 heteroatoms. The number of fused-ring (bicyclic) bond motifs is 2. The highest BCUT2D eigenvalue weighted by Gasteiger charge is 2.34. The number of amides is 7. The van der Waals surface area contributed by atoms with Crippen LogP contribution < -0.4 is 43.1 Å². The topological polar surface area (TPSA) is 335 Å². The van der Waals surface area contributed by atoms with Gasteiger partial charge in [-0.25, -0.2) is 16.0 Å². The number of benzene rings is 2. The smallest absolute Gasteiger partial charge is 0.252 e. The molecule has 0 spiro atoms. The third-order valence-electron chi connectivity index (χ3n) is 10.7. The maximum Gasteiger partial charge on any atom is 0.252 e. The molecule has 1 aromatic heterocycles. The maximum atomic E-state index is 14.0. The molecule has 1 aliphatic heterocycles. The van der Waals surface area contributed by atoms with E-state index in [1.807, 2.05) is 37.3 Å². The Morgan fingerprint density at radius 3 is 2.29 bits per heavy atom. The van der Waals surface area contributed by atoms with E-state index in [9.17, 15) is 38.4 Å². The molecule has 22 nitrogen and oxygen atoms in total. The fourth-order valence-electron chi connectivity index (χ4n) is 6.99. The molecule has 3 aromatic rings. The van der Waals surface area contributed by atoms with Crippen molar-refractivity contribution in [3.63, 3.8) is 0 Å². The number of aliphatic imine (C=N–C) groups is 1. The molecule has 11 N–H and O–H groups in total. The van der Waals surface area contributed by atoms with Crippen LogP contribution in [-0.4, -0.2) is 114 Å². The summed E-state index contributed by atoms with van der Waals surface area (Å²) in [6, 6.07) is 14.0. The van der Waals surface area contributed by atoms with Crippen molar-refractivity contribution < 1.29 is 38.4 Å². The Bertz CT molecular complexity index is 2310. The van der Waals surface area contributed by atoms with Gasteiger partial charge in [-0.3, -0.25) is 48.8 Å². The Morgan fingerprint density at radius 2 is 1.62 bits per heavy atom. The number of hydrogen-bond donors (Lipinski definition) is 10. The van der Waals surface area contributed by atoms with Crippen LogP contribution >= 0.6 is 0 Å². The Hall–Kier alpha value is -7.91. The number of anilines is 2. The van der Waals surface area contributed by atoms with Gasteiger partial charge in [-0.2, -0.15) is 5.10 Å². The van der Waals surface area contributed by atoms with Crippen molar-refractivity contribution in [2.24, 2.45) is 21.7 Å². The van der Waals surface area contributed by atoms with E-state index in [-0.39, 0.29) is 61.2 Å². The van der Waals surface area contributed by atoms with Crippen LogP contribution in [0.15, 0.2) is 77.0 Å². The van der Waals surface area contributed by atoms with Crippen LogP contribution in [-0.2, 0) is 35.3 Å². The van der Waals surface area contributed by atoms with E-state index in [4.69, 9.17) is 16.8 Å². The van der Waals surface area contributed by atoms with Crippen LogP contribution in [0.25, 0.3) is 0 Å². The van der Waals surface area contributed by atoms with E-state index >= 15 is 0 Å². The third-order valence-corrected chi connectivity index (χ3v) is 10.7. The van der Waals surface area contributed by atoms with Crippen molar-refractivity contribution >= 4 is 70.7 Å². The van der Waals surface area contributed by atoms with Crippen molar-refractivity contribution in [1.82, 2.24) is 36.5 Å². The zero-order chi connectivity index (χ0) is 50.9. The molecule has 0 radical (unpaired) electrons. The average Bonchev–Trinajstić information content (AvgIpc) is 3.34. The number of pyridine rings is 1. The Balaban J connectivity index is 0.00000622. The minimum atomic E-state index is -1.29. The number of hydrazone groups is 1. The van der Waals surface area contributed by atoms with Gasteiger partial charge in [0.25, 0.3) is 11.8 Å². The number of carbonyl (C=O) groups is 8. The molecule has 1 unspecified atom stereocenters. The molecule has 2 bridgehead atoms. The van der Waals surface area contributed by atoms with Crippen LogP contribution in [0.4, 0.5) is 11.5 Å². The molecule has 370 valence electrons. The van der Waals surface area contributed by atoms with E-state index in [1.165, 1.54) is 37.2 Å². The van der Waals surface area contributed by atoms with Gasteiger partial charge < -0.3 is 42.5 Å². The number of ketones is 1.